The molecule has 0 amide bonds. The van der Waals surface area contributed by atoms with Crippen molar-refractivity contribution < 1.29 is 9.21 Å². The van der Waals surface area contributed by atoms with E-state index in [-0.39, 0.29) is 5.78 Å². The molecule has 2 N–H and O–H groups in total. The summed E-state index contributed by atoms with van der Waals surface area (Å²) in [4.78, 5) is 14.7. The molecule has 7 nitrogen and oxygen atoms in total. The summed E-state index contributed by atoms with van der Waals surface area (Å²) in [5.74, 6) is 1.92. The molecule has 4 rings (SSSR count). The topological polar surface area (TPSA) is 109 Å². The molecule has 2 aliphatic rings. The predicted molar refractivity (Wildman–Crippen MR) is 108 cm³/mol. The third-order valence-corrected chi connectivity index (χ3v) is 6.74. The van der Waals surface area contributed by atoms with Crippen LogP contribution in [0.1, 0.15) is 43.6 Å². The number of Topliss-reactive ketones (excluding diaryl/α,β-unsaturated/α-hetero) is 1. The number of ketones is 1. The summed E-state index contributed by atoms with van der Waals surface area (Å²) in [6.45, 7) is 3.88. The van der Waals surface area contributed by atoms with Crippen molar-refractivity contribution in [3.63, 3.8) is 0 Å². The third kappa shape index (κ3) is 3.02. The number of aromatic nitrogens is 2. The predicted octanol–water partition coefficient (Wildman–Crippen LogP) is 3.86. The standard InChI is InChI=1S/C19H19N5O2S2/c1-3-27-19-23-22-18(28-19)24-12-5-4-6-13(25)16(12)15(11(9-20)17(24)21)14-8-7-10(2)26-14/h7-8,15H,3-6,21H2,1-2H3. The van der Waals surface area contributed by atoms with Crippen LogP contribution >= 0.6 is 23.1 Å². The monoisotopic (exact) mass is 413 g/mol. The van der Waals surface area contributed by atoms with Gasteiger partial charge < -0.3 is 10.2 Å². The number of nitrogens with zero attached hydrogens (tertiary/aromatic N) is 4. The molecule has 0 saturated heterocycles. The molecule has 1 aliphatic heterocycles. The summed E-state index contributed by atoms with van der Waals surface area (Å²) in [6.07, 6.45) is 1.88. The quantitative estimate of drug-likeness (QED) is 0.753. The maximum absolute atomic E-state index is 12.9. The van der Waals surface area contributed by atoms with Gasteiger partial charge in [-0.25, -0.2) is 0 Å². The number of allylic oxidation sites excluding steroid dienone is 3. The first-order valence-electron chi connectivity index (χ1n) is 9.03. The number of hydrogen-bond donors (Lipinski definition) is 1. The van der Waals surface area contributed by atoms with Gasteiger partial charge in [0, 0.05) is 17.7 Å². The van der Waals surface area contributed by atoms with Gasteiger partial charge in [-0.1, -0.05) is 30.0 Å². The lowest BCUT2D eigenvalue weighted by atomic mass is 9.78. The molecule has 2 aromatic rings. The molecule has 0 bridgehead atoms. The van der Waals surface area contributed by atoms with Crippen molar-refractivity contribution in [3.05, 3.63) is 46.3 Å². The summed E-state index contributed by atoms with van der Waals surface area (Å²) < 4.78 is 6.63. The van der Waals surface area contributed by atoms with Crippen molar-refractivity contribution in [1.29, 1.82) is 5.26 Å². The van der Waals surface area contributed by atoms with Gasteiger partial charge in [0.2, 0.25) is 5.13 Å². The molecule has 0 saturated carbocycles. The molecule has 28 heavy (non-hydrogen) atoms. The van der Waals surface area contributed by atoms with Crippen molar-refractivity contribution in [3.8, 4) is 6.07 Å². The average molecular weight is 414 g/mol. The van der Waals surface area contributed by atoms with Crippen LogP contribution in [0.15, 0.2) is 43.6 Å². The first-order valence-corrected chi connectivity index (χ1v) is 10.8. The molecule has 0 spiro atoms. The van der Waals surface area contributed by atoms with Crippen LogP contribution in [0, 0.1) is 18.3 Å². The highest BCUT2D eigenvalue weighted by Crippen LogP contribution is 2.47. The zero-order chi connectivity index (χ0) is 19.8. The molecule has 2 aromatic heterocycles. The molecule has 9 heteroatoms. The van der Waals surface area contributed by atoms with Crippen LogP contribution in [-0.4, -0.2) is 21.7 Å². The van der Waals surface area contributed by atoms with E-state index in [4.69, 9.17) is 10.2 Å². The molecule has 144 valence electrons. The van der Waals surface area contributed by atoms with Gasteiger partial charge in [0.25, 0.3) is 0 Å². The van der Waals surface area contributed by atoms with Gasteiger partial charge in [0.1, 0.15) is 17.3 Å². The van der Waals surface area contributed by atoms with Gasteiger partial charge in [0.15, 0.2) is 10.1 Å². The molecule has 0 radical (unpaired) electrons. The Morgan fingerprint density at radius 2 is 2.25 bits per heavy atom. The van der Waals surface area contributed by atoms with Crippen LogP contribution in [-0.2, 0) is 4.79 Å². The molecular formula is C19H19N5O2S2. The van der Waals surface area contributed by atoms with E-state index in [0.717, 1.165) is 28.0 Å². The Bertz CT molecular complexity index is 1040. The van der Waals surface area contributed by atoms with Gasteiger partial charge >= 0.3 is 0 Å². The fraction of sp³-hybridized carbons (Fsp3) is 0.368. The first-order chi connectivity index (χ1) is 13.5. The van der Waals surface area contributed by atoms with Crippen LogP contribution < -0.4 is 10.6 Å². The van der Waals surface area contributed by atoms with E-state index in [1.165, 1.54) is 11.3 Å². The molecular weight excluding hydrogens is 394 g/mol. The molecule has 3 heterocycles. The molecule has 0 aromatic carbocycles. The maximum Gasteiger partial charge on any atom is 0.219 e. The fourth-order valence-electron chi connectivity index (χ4n) is 3.67. The van der Waals surface area contributed by atoms with Crippen LogP contribution in [0.25, 0.3) is 0 Å². The van der Waals surface area contributed by atoms with E-state index >= 15 is 0 Å². The number of hydrogen-bond acceptors (Lipinski definition) is 9. The summed E-state index contributed by atoms with van der Waals surface area (Å²) in [5, 5.41) is 19.0. The van der Waals surface area contributed by atoms with Crippen molar-refractivity contribution >= 4 is 34.0 Å². The Kier molecular flexibility index (Phi) is 5.00. The summed E-state index contributed by atoms with van der Waals surface area (Å²) in [7, 11) is 0. The van der Waals surface area contributed by atoms with E-state index in [9.17, 15) is 10.1 Å². The van der Waals surface area contributed by atoms with Crippen LogP contribution in [0.3, 0.4) is 0 Å². The minimum atomic E-state index is -0.574. The Morgan fingerprint density at radius 1 is 1.43 bits per heavy atom. The summed E-state index contributed by atoms with van der Waals surface area (Å²) in [5.41, 5.74) is 8.16. The molecule has 1 unspecified atom stereocenters. The van der Waals surface area contributed by atoms with E-state index in [1.807, 2.05) is 26.0 Å². The zero-order valence-electron chi connectivity index (χ0n) is 15.6. The number of nitriles is 1. The second-order valence-electron chi connectivity index (χ2n) is 6.55. The lowest BCUT2D eigenvalue weighted by Gasteiger charge is -2.37. The molecule has 0 fully saturated rings. The van der Waals surface area contributed by atoms with Gasteiger partial charge in [-0.2, -0.15) is 5.26 Å². The largest absolute Gasteiger partial charge is 0.465 e. The van der Waals surface area contributed by atoms with Crippen LogP contribution in [0.5, 0.6) is 0 Å². The van der Waals surface area contributed by atoms with Gasteiger partial charge in [-0.3, -0.25) is 9.69 Å². The molecule has 1 atom stereocenters. The minimum absolute atomic E-state index is 0.0261. The number of anilines is 1. The second kappa shape index (κ2) is 7.45. The Morgan fingerprint density at radius 3 is 2.93 bits per heavy atom. The van der Waals surface area contributed by atoms with Crippen LogP contribution in [0.2, 0.25) is 0 Å². The Hall–Kier alpha value is -2.57. The molecule has 1 aliphatic carbocycles. The van der Waals surface area contributed by atoms with Gasteiger partial charge in [-0.15, -0.1) is 10.2 Å². The number of aryl methyl sites for hydroxylation is 1. The third-order valence-electron chi connectivity index (χ3n) is 4.81. The Labute approximate surface area is 170 Å². The van der Waals surface area contributed by atoms with Crippen molar-refractivity contribution in [2.24, 2.45) is 5.73 Å². The summed E-state index contributed by atoms with van der Waals surface area (Å²) >= 11 is 3.01. The normalized spacial score (nSPS) is 19.8. The van der Waals surface area contributed by atoms with Gasteiger partial charge in [0.05, 0.1) is 17.6 Å². The average Bonchev–Trinajstić information content (AvgIpc) is 3.30. The number of rotatable bonds is 4. The highest BCUT2D eigenvalue weighted by molar-refractivity contribution is 8.01. The fourth-order valence-corrected chi connectivity index (χ4v) is 5.45. The SMILES string of the molecule is CCSc1nnc(N2C(N)=C(C#N)C(c3ccc(C)o3)C3=C2CCCC3=O)s1. The second-order valence-corrected chi connectivity index (χ2v) is 9.02. The lowest BCUT2D eigenvalue weighted by Crippen LogP contribution is -2.38. The Balaban J connectivity index is 1.90. The zero-order valence-corrected chi connectivity index (χ0v) is 17.2. The highest BCUT2D eigenvalue weighted by atomic mass is 32.2. The number of carbonyl (C=O) groups is 1. The van der Waals surface area contributed by atoms with Crippen molar-refractivity contribution in [2.75, 3.05) is 10.7 Å². The first kappa shape index (κ1) is 18.8. The highest BCUT2D eigenvalue weighted by Gasteiger charge is 2.42. The van der Waals surface area contributed by atoms with E-state index in [2.05, 4.69) is 16.3 Å². The maximum atomic E-state index is 12.9. The van der Waals surface area contributed by atoms with E-state index in [1.54, 1.807) is 16.7 Å². The van der Waals surface area contributed by atoms with Crippen molar-refractivity contribution in [1.82, 2.24) is 10.2 Å². The van der Waals surface area contributed by atoms with Gasteiger partial charge in [-0.05, 0) is 37.7 Å². The van der Waals surface area contributed by atoms with Crippen molar-refractivity contribution in [2.45, 2.75) is 43.4 Å². The lowest BCUT2D eigenvalue weighted by molar-refractivity contribution is -0.116. The van der Waals surface area contributed by atoms with Crippen LogP contribution in [0.4, 0.5) is 5.13 Å². The smallest absolute Gasteiger partial charge is 0.219 e. The number of nitrogens with two attached hydrogens (primary N) is 1. The number of carbonyl (C=O) groups excluding carboxylic acids is 1. The van der Waals surface area contributed by atoms with E-state index in [0.29, 0.717) is 40.7 Å². The number of thioether (sulfide) groups is 1. The summed E-state index contributed by atoms with van der Waals surface area (Å²) in [6, 6.07) is 5.86. The number of furan rings is 1. The van der Waals surface area contributed by atoms with E-state index < -0.39 is 5.92 Å². The minimum Gasteiger partial charge on any atom is -0.465 e.